The summed E-state index contributed by atoms with van der Waals surface area (Å²) in [5, 5.41) is 4.83. The molecule has 0 atom stereocenters. The zero-order valence-corrected chi connectivity index (χ0v) is 17.8. The standard InChI is InChI=1S/C22H22N4O3S/c1-4-29-16-10-11-18-19(12-16)30-22(23-18)26(13-15-8-6-5-7-9-15)21(27)17-14-25(2)24-20(17)28-3/h5-12,14H,4,13H2,1-3H3. The molecule has 0 aliphatic heterocycles. The van der Waals surface area contributed by atoms with Gasteiger partial charge in [-0.15, -0.1) is 5.10 Å². The maximum Gasteiger partial charge on any atom is 0.267 e. The van der Waals surface area contributed by atoms with Crippen molar-refractivity contribution in [3.05, 3.63) is 65.9 Å². The number of hydrogen-bond donors (Lipinski definition) is 0. The largest absolute Gasteiger partial charge is 0.494 e. The summed E-state index contributed by atoms with van der Waals surface area (Å²) in [5.74, 6) is 0.864. The van der Waals surface area contributed by atoms with Crippen molar-refractivity contribution < 1.29 is 14.3 Å². The van der Waals surface area contributed by atoms with Crippen molar-refractivity contribution >= 4 is 32.6 Å². The van der Waals surface area contributed by atoms with Gasteiger partial charge in [-0.1, -0.05) is 41.7 Å². The number of thiazole rings is 1. The Kier molecular flexibility index (Phi) is 5.67. The van der Waals surface area contributed by atoms with Crippen LogP contribution in [-0.2, 0) is 13.6 Å². The number of carbonyl (C=O) groups is 1. The third kappa shape index (κ3) is 3.99. The number of anilines is 1. The molecule has 4 aromatic rings. The molecule has 0 unspecified atom stereocenters. The minimum atomic E-state index is -0.215. The molecule has 154 valence electrons. The van der Waals surface area contributed by atoms with E-state index in [1.807, 2.05) is 55.5 Å². The predicted octanol–water partition coefficient (Wildman–Crippen LogP) is 4.28. The lowest BCUT2D eigenvalue weighted by molar-refractivity contribution is 0.0982. The SMILES string of the molecule is CCOc1ccc2nc(N(Cc3ccccc3)C(=O)c3cn(C)nc3OC)sc2c1. The first-order chi connectivity index (χ1) is 14.6. The van der Waals surface area contributed by atoms with Crippen LogP contribution in [-0.4, -0.2) is 34.4 Å². The van der Waals surface area contributed by atoms with Crippen LogP contribution in [0.4, 0.5) is 5.13 Å². The number of amides is 1. The van der Waals surface area contributed by atoms with Crippen LogP contribution < -0.4 is 14.4 Å². The number of nitrogens with zero attached hydrogens (tertiary/aromatic N) is 4. The van der Waals surface area contributed by atoms with Gasteiger partial charge in [0, 0.05) is 13.2 Å². The molecule has 2 aromatic carbocycles. The van der Waals surface area contributed by atoms with Gasteiger partial charge in [-0.3, -0.25) is 14.4 Å². The number of benzene rings is 2. The Balaban J connectivity index is 1.76. The second-order valence-corrected chi connectivity index (χ2v) is 7.67. The van der Waals surface area contributed by atoms with Crippen LogP contribution in [0.25, 0.3) is 10.2 Å². The minimum Gasteiger partial charge on any atom is -0.494 e. The Labute approximate surface area is 178 Å². The molecule has 4 rings (SSSR count). The second kappa shape index (κ2) is 8.54. The molecule has 1 amide bonds. The average molecular weight is 423 g/mol. The van der Waals surface area contributed by atoms with Gasteiger partial charge in [-0.05, 0) is 30.7 Å². The van der Waals surface area contributed by atoms with Gasteiger partial charge < -0.3 is 9.47 Å². The Morgan fingerprint density at radius 3 is 2.73 bits per heavy atom. The number of methoxy groups -OCH3 is 1. The summed E-state index contributed by atoms with van der Waals surface area (Å²) in [7, 11) is 3.27. The number of rotatable bonds is 7. The molecule has 0 aliphatic rings. The maximum absolute atomic E-state index is 13.5. The predicted molar refractivity (Wildman–Crippen MR) is 118 cm³/mol. The zero-order chi connectivity index (χ0) is 21.1. The molecular formula is C22H22N4O3S. The molecule has 2 aromatic heterocycles. The summed E-state index contributed by atoms with van der Waals surface area (Å²) in [4.78, 5) is 19.9. The fourth-order valence-electron chi connectivity index (χ4n) is 3.17. The first-order valence-corrected chi connectivity index (χ1v) is 10.4. The first kappa shape index (κ1) is 19.9. The van der Waals surface area contributed by atoms with Gasteiger partial charge in [0.1, 0.15) is 11.3 Å². The summed E-state index contributed by atoms with van der Waals surface area (Å²) in [6.07, 6.45) is 1.67. The van der Waals surface area contributed by atoms with Crippen LogP contribution in [0.1, 0.15) is 22.8 Å². The van der Waals surface area contributed by atoms with Gasteiger partial charge in [0.15, 0.2) is 5.13 Å². The molecule has 7 nitrogen and oxygen atoms in total. The fourth-order valence-corrected chi connectivity index (χ4v) is 4.16. The van der Waals surface area contributed by atoms with Gasteiger partial charge in [-0.2, -0.15) is 0 Å². The molecular weight excluding hydrogens is 400 g/mol. The van der Waals surface area contributed by atoms with Crippen LogP contribution >= 0.6 is 11.3 Å². The molecule has 0 fully saturated rings. The molecule has 0 bridgehead atoms. The molecule has 0 aliphatic carbocycles. The van der Waals surface area contributed by atoms with E-state index in [1.54, 1.807) is 22.8 Å². The monoisotopic (exact) mass is 422 g/mol. The summed E-state index contributed by atoms with van der Waals surface area (Å²) in [5.41, 5.74) is 2.22. The summed E-state index contributed by atoms with van der Waals surface area (Å²) in [6.45, 7) is 2.93. The summed E-state index contributed by atoms with van der Waals surface area (Å²) in [6, 6.07) is 15.6. The molecule has 30 heavy (non-hydrogen) atoms. The maximum atomic E-state index is 13.5. The smallest absolute Gasteiger partial charge is 0.267 e. The number of aryl methyl sites for hydroxylation is 1. The quantitative estimate of drug-likeness (QED) is 0.445. The van der Waals surface area contributed by atoms with Gasteiger partial charge in [-0.25, -0.2) is 4.98 Å². The van der Waals surface area contributed by atoms with Crippen molar-refractivity contribution in [3.63, 3.8) is 0 Å². The van der Waals surface area contributed by atoms with Crippen molar-refractivity contribution in [2.24, 2.45) is 7.05 Å². The zero-order valence-electron chi connectivity index (χ0n) is 17.0. The summed E-state index contributed by atoms with van der Waals surface area (Å²) < 4.78 is 13.4. The van der Waals surface area contributed by atoms with E-state index in [1.165, 1.54) is 18.4 Å². The Hall–Kier alpha value is -3.39. The summed E-state index contributed by atoms with van der Waals surface area (Å²) >= 11 is 1.45. The van der Waals surface area contributed by atoms with E-state index in [0.29, 0.717) is 29.7 Å². The van der Waals surface area contributed by atoms with Crippen molar-refractivity contribution in [3.8, 4) is 11.6 Å². The van der Waals surface area contributed by atoms with Crippen molar-refractivity contribution in [2.75, 3.05) is 18.6 Å². The molecule has 0 saturated carbocycles. The molecule has 0 radical (unpaired) electrons. The highest BCUT2D eigenvalue weighted by atomic mass is 32.1. The topological polar surface area (TPSA) is 69.5 Å². The molecule has 0 saturated heterocycles. The van der Waals surface area contributed by atoms with Crippen LogP contribution in [0.5, 0.6) is 11.6 Å². The molecule has 8 heteroatoms. The van der Waals surface area contributed by atoms with E-state index >= 15 is 0 Å². The van der Waals surface area contributed by atoms with Crippen LogP contribution in [0.3, 0.4) is 0 Å². The van der Waals surface area contributed by atoms with Gasteiger partial charge in [0.2, 0.25) is 5.88 Å². The van der Waals surface area contributed by atoms with Crippen molar-refractivity contribution in [1.82, 2.24) is 14.8 Å². The minimum absolute atomic E-state index is 0.215. The average Bonchev–Trinajstić information content (AvgIpc) is 3.35. The highest BCUT2D eigenvalue weighted by Gasteiger charge is 2.26. The van der Waals surface area contributed by atoms with E-state index in [9.17, 15) is 4.79 Å². The Bertz CT molecular complexity index is 1170. The normalized spacial score (nSPS) is 10.9. The lowest BCUT2D eigenvalue weighted by Gasteiger charge is -2.19. The fraction of sp³-hybridized carbons (Fsp3) is 0.227. The third-order valence-electron chi connectivity index (χ3n) is 4.54. The highest BCUT2D eigenvalue weighted by molar-refractivity contribution is 7.22. The van der Waals surface area contributed by atoms with Crippen LogP contribution in [0, 0.1) is 0 Å². The second-order valence-electron chi connectivity index (χ2n) is 6.66. The number of carbonyl (C=O) groups excluding carboxylic acids is 1. The van der Waals surface area contributed by atoms with Crippen LogP contribution in [0.2, 0.25) is 0 Å². The molecule has 0 N–H and O–H groups in total. The van der Waals surface area contributed by atoms with Crippen molar-refractivity contribution in [2.45, 2.75) is 13.5 Å². The van der Waals surface area contributed by atoms with Gasteiger partial charge in [0.05, 0.1) is 30.5 Å². The molecule has 2 heterocycles. The number of ether oxygens (including phenoxy) is 2. The highest BCUT2D eigenvalue weighted by Crippen LogP contribution is 2.33. The first-order valence-electron chi connectivity index (χ1n) is 9.56. The number of fused-ring (bicyclic) bond motifs is 1. The van der Waals surface area contributed by atoms with E-state index in [0.717, 1.165) is 21.5 Å². The Morgan fingerprint density at radius 1 is 1.20 bits per heavy atom. The van der Waals surface area contributed by atoms with Crippen LogP contribution in [0.15, 0.2) is 54.7 Å². The van der Waals surface area contributed by atoms with E-state index in [-0.39, 0.29) is 5.91 Å². The van der Waals surface area contributed by atoms with Crippen molar-refractivity contribution in [1.29, 1.82) is 0 Å². The number of aromatic nitrogens is 3. The third-order valence-corrected chi connectivity index (χ3v) is 5.58. The Morgan fingerprint density at radius 2 is 2.00 bits per heavy atom. The van der Waals surface area contributed by atoms with Gasteiger partial charge in [0.25, 0.3) is 5.91 Å². The lowest BCUT2D eigenvalue weighted by Crippen LogP contribution is -2.30. The lowest BCUT2D eigenvalue weighted by atomic mass is 10.2. The number of hydrogen-bond acceptors (Lipinski definition) is 6. The van der Waals surface area contributed by atoms with E-state index in [4.69, 9.17) is 14.5 Å². The van der Waals surface area contributed by atoms with E-state index < -0.39 is 0 Å². The van der Waals surface area contributed by atoms with E-state index in [2.05, 4.69) is 5.10 Å². The van der Waals surface area contributed by atoms with Gasteiger partial charge >= 0.3 is 0 Å². The molecule has 0 spiro atoms.